The summed E-state index contributed by atoms with van der Waals surface area (Å²) < 4.78 is 23.3. The van der Waals surface area contributed by atoms with Gasteiger partial charge < -0.3 is 4.90 Å². The zero-order valence-corrected chi connectivity index (χ0v) is 22.3. The molecule has 38 heavy (non-hydrogen) atoms. The van der Waals surface area contributed by atoms with Gasteiger partial charge in [0.25, 0.3) is 5.91 Å². The number of rotatable bonds is 6. The van der Waals surface area contributed by atoms with Gasteiger partial charge in [-0.15, -0.1) is 0 Å². The first kappa shape index (κ1) is 25.2. The van der Waals surface area contributed by atoms with Crippen molar-refractivity contribution in [2.45, 2.75) is 69.4 Å². The lowest BCUT2D eigenvalue weighted by molar-refractivity contribution is -0.162. The Bertz CT molecular complexity index is 1370. The fraction of sp³-hybridized carbons (Fsp3) is 0.483. The lowest BCUT2D eigenvalue weighted by Gasteiger charge is -2.57. The van der Waals surface area contributed by atoms with Crippen molar-refractivity contribution in [2.75, 3.05) is 4.90 Å². The first-order chi connectivity index (χ1) is 18.0. The Hall–Kier alpha value is -3.04. The number of aryl methyl sites for hydroxylation is 1. The van der Waals surface area contributed by atoms with E-state index in [2.05, 4.69) is 0 Å². The molecule has 0 spiro atoms. The van der Waals surface area contributed by atoms with Gasteiger partial charge in [-0.05, 0) is 93.0 Å². The molecule has 3 amide bonds. The van der Waals surface area contributed by atoms with Crippen LogP contribution in [0.5, 0.6) is 0 Å². The smallest absolute Gasteiger partial charge is 0.257 e. The Morgan fingerprint density at radius 1 is 0.947 bits per heavy atom. The van der Waals surface area contributed by atoms with Gasteiger partial charge in [0.05, 0.1) is 22.4 Å². The first-order valence-corrected chi connectivity index (χ1v) is 14.9. The summed E-state index contributed by atoms with van der Waals surface area (Å²) in [5, 5.41) is 5.20. The molecule has 1 unspecified atom stereocenters. The molecular formula is C29H33N3O5S. The second-order valence-corrected chi connectivity index (χ2v) is 13.5. The van der Waals surface area contributed by atoms with E-state index in [9.17, 15) is 22.8 Å². The Morgan fingerprint density at radius 2 is 1.50 bits per heavy atom. The monoisotopic (exact) mass is 535 g/mol. The fourth-order valence-corrected chi connectivity index (χ4v) is 8.32. The molecular weight excluding hydrogens is 502 g/mol. The molecule has 2 aromatic carbocycles. The van der Waals surface area contributed by atoms with E-state index >= 15 is 0 Å². The number of benzene rings is 2. The number of carbonyl (C=O) groups is 3. The Kier molecular flexibility index (Phi) is 5.99. The molecule has 9 heteroatoms. The molecule has 5 aliphatic rings. The normalized spacial score (nSPS) is 30.2. The van der Waals surface area contributed by atoms with Crippen LogP contribution in [0, 0.1) is 30.1 Å². The second-order valence-electron chi connectivity index (χ2n) is 11.9. The standard InChI is InChI=1S/C29H33N3O5S/c1-18-2-4-19(5-3-18)17-31(28(35)29-14-20-10-21(15-29)12-22(11-20)16-29)25-13-26(33)32(27(25)34)23-6-8-24(9-7-23)38(30,36)37/h2-9,20-22,25H,10-17H2,1H3,(H2,30,36,37). The summed E-state index contributed by atoms with van der Waals surface area (Å²) in [6.45, 7) is 2.27. The molecule has 5 fully saturated rings. The number of hydrogen-bond donors (Lipinski definition) is 1. The molecule has 2 N–H and O–H groups in total. The van der Waals surface area contributed by atoms with Crippen molar-refractivity contribution >= 4 is 33.4 Å². The van der Waals surface area contributed by atoms with Gasteiger partial charge in [-0.25, -0.2) is 18.5 Å². The van der Waals surface area contributed by atoms with Crippen LogP contribution < -0.4 is 10.0 Å². The molecule has 0 radical (unpaired) electrons. The number of amides is 3. The summed E-state index contributed by atoms with van der Waals surface area (Å²) in [6, 6.07) is 12.4. The molecule has 1 heterocycles. The number of sulfonamides is 1. The van der Waals surface area contributed by atoms with Crippen molar-refractivity contribution in [1.82, 2.24) is 4.90 Å². The van der Waals surface area contributed by atoms with Crippen LogP contribution >= 0.6 is 0 Å². The Balaban J connectivity index is 1.33. The molecule has 1 saturated heterocycles. The van der Waals surface area contributed by atoms with Crippen LogP contribution in [0.4, 0.5) is 5.69 Å². The number of anilines is 1. The minimum atomic E-state index is -3.91. The Morgan fingerprint density at radius 3 is 2.03 bits per heavy atom. The van der Waals surface area contributed by atoms with Gasteiger partial charge >= 0.3 is 0 Å². The minimum absolute atomic E-state index is 0.00903. The third-order valence-electron chi connectivity index (χ3n) is 9.15. The van der Waals surface area contributed by atoms with Crippen molar-refractivity contribution in [3.8, 4) is 0 Å². The fourth-order valence-electron chi connectivity index (χ4n) is 7.81. The second kappa shape index (κ2) is 9.02. The van der Waals surface area contributed by atoms with Crippen LogP contribution in [0.3, 0.4) is 0 Å². The number of primary sulfonamides is 1. The predicted octanol–water partition coefficient (Wildman–Crippen LogP) is 3.52. The van der Waals surface area contributed by atoms with E-state index in [0.717, 1.165) is 35.3 Å². The molecule has 1 aliphatic heterocycles. The zero-order valence-electron chi connectivity index (χ0n) is 21.5. The summed E-state index contributed by atoms with van der Waals surface area (Å²) in [5.74, 6) is 0.859. The van der Waals surface area contributed by atoms with Crippen molar-refractivity contribution < 1.29 is 22.8 Å². The van der Waals surface area contributed by atoms with Gasteiger partial charge in [0.1, 0.15) is 6.04 Å². The third kappa shape index (κ3) is 4.35. The van der Waals surface area contributed by atoms with E-state index in [1.165, 1.54) is 43.5 Å². The van der Waals surface area contributed by atoms with E-state index in [0.29, 0.717) is 17.8 Å². The van der Waals surface area contributed by atoms with Gasteiger partial charge in [0, 0.05) is 6.54 Å². The van der Waals surface area contributed by atoms with Crippen molar-refractivity contribution in [3.05, 3.63) is 59.7 Å². The highest BCUT2D eigenvalue weighted by Gasteiger charge is 2.57. The van der Waals surface area contributed by atoms with E-state index in [1.807, 2.05) is 31.2 Å². The average Bonchev–Trinajstić information content (AvgIpc) is 3.15. The summed E-state index contributed by atoms with van der Waals surface area (Å²) in [5.41, 5.74) is 1.85. The number of carbonyl (C=O) groups excluding carboxylic acids is 3. The summed E-state index contributed by atoms with van der Waals surface area (Å²) in [7, 11) is -3.91. The molecule has 0 aromatic heterocycles. The van der Waals surface area contributed by atoms with Crippen molar-refractivity contribution in [2.24, 2.45) is 28.3 Å². The SMILES string of the molecule is Cc1ccc(CN(C(=O)C23CC4CC(CC(C4)C2)C3)C2CC(=O)N(c3ccc(S(N)(=O)=O)cc3)C2=O)cc1. The molecule has 4 saturated carbocycles. The number of nitrogens with two attached hydrogens (primary N) is 1. The quantitative estimate of drug-likeness (QED) is 0.568. The largest absolute Gasteiger partial charge is 0.325 e. The van der Waals surface area contributed by atoms with Crippen LogP contribution in [0.15, 0.2) is 53.4 Å². The van der Waals surface area contributed by atoms with E-state index in [-0.39, 0.29) is 29.5 Å². The minimum Gasteiger partial charge on any atom is -0.325 e. The van der Waals surface area contributed by atoms with Gasteiger partial charge in [-0.2, -0.15) is 0 Å². The predicted molar refractivity (Wildman–Crippen MR) is 141 cm³/mol. The van der Waals surface area contributed by atoms with Crippen LogP contribution in [0.2, 0.25) is 0 Å². The first-order valence-electron chi connectivity index (χ1n) is 13.4. The summed E-state index contributed by atoms with van der Waals surface area (Å²) >= 11 is 0. The van der Waals surface area contributed by atoms with E-state index < -0.39 is 33.3 Å². The highest BCUT2D eigenvalue weighted by Crippen LogP contribution is 2.60. The highest BCUT2D eigenvalue weighted by molar-refractivity contribution is 7.89. The van der Waals surface area contributed by atoms with E-state index in [4.69, 9.17) is 5.14 Å². The molecule has 2 aromatic rings. The van der Waals surface area contributed by atoms with Gasteiger partial charge in [0.2, 0.25) is 21.8 Å². The maximum Gasteiger partial charge on any atom is 0.257 e. The maximum atomic E-state index is 14.5. The molecule has 8 nitrogen and oxygen atoms in total. The molecule has 4 bridgehead atoms. The average molecular weight is 536 g/mol. The number of nitrogens with zero attached hydrogens (tertiary/aromatic N) is 2. The number of imide groups is 1. The highest BCUT2D eigenvalue weighted by atomic mass is 32.2. The van der Waals surface area contributed by atoms with Gasteiger partial charge in [-0.1, -0.05) is 29.8 Å². The molecule has 7 rings (SSSR count). The zero-order chi connectivity index (χ0) is 26.8. The van der Waals surface area contributed by atoms with Crippen LogP contribution in [-0.4, -0.2) is 37.1 Å². The van der Waals surface area contributed by atoms with Gasteiger partial charge in [-0.3, -0.25) is 14.4 Å². The van der Waals surface area contributed by atoms with Crippen molar-refractivity contribution in [1.29, 1.82) is 0 Å². The maximum absolute atomic E-state index is 14.5. The Labute approximate surface area is 223 Å². The van der Waals surface area contributed by atoms with Crippen LogP contribution in [0.1, 0.15) is 56.1 Å². The van der Waals surface area contributed by atoms with Crippen LogP contribution in [-0.2, 0) is 31.0 Å². The lowest BCUT2D eigenvalue weighted by Crippen LogP contribution is -2.57. The molecule has 1 atom stereocenters. The molecule has 4 aliphatic carbocycles. The lowest BCUT2D eigenvalue weighted by atomic mass is 9.49. The summed E-state index contributed by atoms with van der Waals surface area (Å²) in [6.07, 6.45) is 6.12. The summed E-state index contributed by atoms with van der Waals surface area (Å²) in [4.78, 5) is 44.1. The number of hydrogen-bond acceptors (Lipinski definition) is 5. The van der Waals surface area contributed by atoms with Gasteiger partial charge in [0.15, 0.2) is 0 Å². The molecule has 200 valence electrons. The third-order valence-corrected chi connectivity index (χ3v) is 10.1. The van der Waals surface area contributed by atoms with E-state index in [1.54, 1.807) is 4.90 Å². The van der Waals surface area contributed by atoms with Crippen LogP contribution in [0.25, 0.3) is 0 Å². The van der Waals surface area contributed by atoms with Crippen molar-refractivity contribution in [3.63, 3.8) is 0 Å². The topological polar surface area (TPSA) is 118 Å².